The van der Waals surface area contributed by atoms with Crippen molar-refractivity contribution in [2.75, 3.05) is 0 Å². The van der Waals surface area contributed by atoms with Crippen molar-refractivity contribution >= 4 is 68.8 Å². The van der Waals surface area contributed by atoms with E-state index in [-0.39, 0.29) is 17.3 Å². The van der Waals surface area contributed by atoms with Gasteiger partial charge in [-0.25, -0.2) is 9.79 Å². The normalized spacial score (nSPS) is 14.2. The summed E-state index contributed by atoms with van der Waals surface area (Å²) in [5, 5.41) is 11.2. The van der Waals surface area contributed by atoms with Crippen LogP contribution in [0.25, 0.3) is 6.08 Å². The molecule has 0 saturated heterocycles. The molecule has 0 aromatic heterocycles. The summed E-state index contributed by atoms with van der Waals surface area (Å²) in [6.45, 7) is 4.11. The Hall–Kier alpha value is -2.80. The summed E-state index contributed by atoms with van der Waals surface area (Å²) in [6.07, 6.45) is 1.64. The number of halogens is 2. The average Bonchev–Trinajstić information content (AvgIpc) is 3.14. The number of carbonyl (C=O) groups is 1. The van der Waals surface area contributed by atoms with Gasteiger partial charge in [0, 0.05) is 17.2 Å². The second-order valence-electron chi connectivity index (χ2n) is 7.57. The molecule has 0 saturated carbocycles. The van der Waals surface area contributed by atoms with Crippen LogP contribution in [0.4, 0.5) is 5.69 Å². The Labute approximate surface area is 223 Å². The van der Waals surface area contributed by atoms with Gasteiger partial charge in [0.1, 0.15) is 12.4 Å². The maximum atomic E-state index is 12.5. The molecule has 172 valence electrons. The summed E-state index contributed by atoms with van der Waals surface area (Å²) in [4.78, 5) is 27.5. The second-order valence-corrected chi connectivity index (χ2v) is 9.90. The first-order valence-corrected chi connectivity index (χ1v) is 12.3. The fourth-order valence-corrected chi connectivity index (χ4v) is 5.59. The topological polar surface area (TPSA) is 91.0 Å². The molecule has 0 amide bonds. The summed E-state index contributed by atoms with van der Waals surface area (Å²) >= 11 is 4.41. The molecule has 9 heteroatoms. The van der Waals surface area contributed by atoms with Crippen molar-refractivity contribution in [3.63, 3.8) is 0 Å². The predicted molar refractivity (Wildman–Crippen MR) is 146 cm³/mol. The number of benzene rings is 3. The molecule has 1 aliphatic rings. The minimum atomic E-state index is -0.606. The van der Waals surface area contributed by atoms with E-state index in [1.807, 2.05) is 30.3 Å². The molecule has 1 aliphatic heterocycles. The van der Waals surface area contributed by atoms with Crippen molar-refractivity contribution in [1.29, 1.82) is 0 Å². The number of carbonyl (C=O) groups excluding carboxylic acids is 1. The monoisotopic (exact) mass is 680 g/mol. The average molecular weight is 680 g/mol. The van der Waals surface area contributed by atoms with Gasteiger partial charge in [-0.3, -0.25) is 10.1 Å². The van der Waals surface area contributed by atoms with Gasteiger partial charge in [0.05, 0.1) is 12.1 Å². The van der Waals surface area contributed by atoms with Crippen LogP contribution in [-0.2, 0) is 16.1 Å². The van der Waals surface area contributed by atoms with Crippen LogP contribution >= 0.6 is 45.2 Å². The van der Waals surface area contributed by atoms with E-state index >= 15 is 0 Å². The predicted octanol–water partition coefficient (Wildman–Crippen LogP) is 6.34. The molecule has 0 N–H and O–H groups in total. The third-order valence-electron chi connectivity index (χ3n) is 5.31. The quantitative estimate of drug-likeness (QED) is 0.0997. The van der Waals surface area contributed by atoms with Crippen LogP contribution in [0.5, 0.6) is 5.75 Å². The van der Waals surface area contributed by atoms with Crippen LogP contribution in [0.3, 0.4) is 0 Å². The fraction of sp³-hybridized carbons (Fsp3) is 0.120. The van der Waals surface area contributed by atoms with Gasteiger partial charge >= 0.3 is 5.97 Å². The summed E-state index contributed by atoms with van der Waals surface area (Å²) in [7, 11) is 0. The molecule has 3 aromatic carbocycles. The first kappa shape index (κ1) is 24.3. The van der Waals surface area contributed by atoms with Crippen LogP contribution in [0, 0.1) is 31.1 Å². The van der Waals surface area contributed by atoms with Gasteiger partial charge in [0.15, 0.2) is 5.70 Å². The summed E-state index contributed by atoms with van der Waals surface area (Å²) < 4.78 is 13.2. The van der Waals surface area contributed by atoms with E-state index in [0.29, 0.717) is 17.7 Å². The van der Waals surface area contributed by atoms with Gasteiger partial charge in [-0.2, -0.15) is 0 Å². The van der Waals surface area contributed by atoms with E-state index in [2.05, 4.69) is 63.2 Å². The van der Waals surface area contributed by atoms with Crippen LogP contribution in [-0.4, -0.2) is 16.8 Å². The Morgan fingerprint density at radius 2 is 1.79 bits per heavy atom. The SMILES string of the molecule is Cc1ccccc1COc1c(I)cc(/C=C2\N=C(c3cccc([N+](=O)[O-])c3C)OC2=O)cc1I. The van der Waals surface area contributed by atoms with E-state index in [1.54, 1.807) is 25.1 Å². The number of hydrogen-bond acceptors (Lipinski definition) is 6. The molecule has 0 radical (unpaired) electrons. The molecule has 3 aromatic rings. The van der Waals surface area contributed by atoms with E-state index in [1.165, 1.54) is 11.6 Å². The molecule has 0 unspecified atom stereocenters. The lowest BCUT2D eigenvalue weighted by atomic mass is 10.1. The third kappa shape index (κ3) is 5.14. The zero-order chi connectivity index (χ0) is 24.4. The number of cyclic esters (lactones) is 1. The highest BCUT2D eigenvalue weighted by molar-refractivity contribution is 14.1. The number of hydrogen-bond donors (Lipinski definition) is 0. The molecule has 0 bridgehead atoms. The highest BCUT2D eigenvalue weighted by Gasteiger charge is 2.27. The third-order valence-corrected chi connectivity index (χ3v) is 6.91. The maximum Gasteiger partial charge on any atom is 0.363 e. The van der Waals surface area contributed by atoms with Gasteiger partial charge < -0.3 is 9.47 Å². The van der Waals surface area contributed by atoms with Crippen molar-refractivity contribution in [2.24, 2.45) is 4.99 Å². The van der Waals surface area contributed by atoms with Crippen LogP contribution < -0.4 is 4.74 Å². The number of nitrogens with zero attached hydrogens (tertiary/aromatic N) is 2. The molecular weight excluding hydrogens is 662 g/mol. The van der Waals surface area contributed by atoms with Crippen molar-refractivity contribution in [1.82, 2.24) is 0 Å². The largest absolute Gasteiger partial charge is 0.487 e. The Morgan fingerprint density at radius 3 is 2.47 bits per heavy atom. The zero-order valence-electron chi connectivity index (χ0n) is 18.2. The van der Waals surface area contributed by atoms with Crippen molar-refractivity contribution in [3.05, 3.63) is 105 Å². The zero-order valence-corrected chi connectivity index (χ0v) is 22.5. The van der Waals surface area contributed by atoms with E-state index in [9.17, 15) is 14.9 Å². The van der Waals surface area contributed by atoms with Gasteiger partial charge in [-0.05, 0) is 100.0 Å². The number of aryl methyl sites for hydroxylation is 1. The van der Waals surface area contributed by atoms with Crippen molar-refractivity contribution in [2.45, 2.75) is 20.5 Å². The first-order valence-electron chi connectivity index (χ1n) is 10.2. The van der Waals surface area contributed by atoms with Crippen molar-refractivity contribution < 1.29 is 19.2 Å². The molecule has 0 fully saturated rings. The molecule has 0 spiro atoms. The highest BCUT2D eigenvalue weighted by atomic mass is 127. The smallest absolute Gasteiger partial charge is 0.363 e. The molecule has 0 atom stereocenters. The van der Waals surface area contributed by atoms with E-state index in [0.717, 1.165) is 24.0 Å². The number of rotatable bonds is 6. The lowest BCUT2D eigenvalue weighted by Gasteiger charge is -2.13. The standard InChI is InChI=1S/C25H18I2N2O5/c1-14-6-3-4-7-17(14)13-33-23-19(26)10-16(11-20(23)27)12-21-25(30)34-24(28-21)18-8-5-9-22(15(18)2)29(31)32/h3-12H,13H2,1-2H3/b21-12-. The lowest BCUT2D eigenvalue weighted by molar-refractivity contribution is -0.385. The van der Waals surface area contributed by atoms with Gasteiger partial charge in [0.25, 0.3) is 5.69 Å². The Balaban J connectivity index is 1.60. The number of ether oxygens (including phenoxy) is 2. The molecular formula is C25H18I2N2O5. The minimum Gasteiger partial charge on any atom is -0.487 e. The number of aliphatic imine (C=N–C) groups is 1. The van der Waals surface area contributed by atoms with Gasteiger partial charge in [0.2, 0.25) is 5.90 Å². The Bertz CT molecular complexity index is 1360. The van der Waals surface area contributed by atoms with E-state index in [4.69, 9.17) is 9.47 Å². The number of nitro benzene ring substituents is 1. The van der Waals surface area contributed by atoms with E-state index < -0.39 is 10.9 Å². The highest BCUT2D eigenvalue weighted by Crippen LogP contribution is 2.32. The lowest BCUT2D eigenvalue weighted by Crippen LogP contribution is -2.08. The number of nitro groups is 1. The summed E-state index contributed by atoms with van der Waals surface area (Å²) in [5.74, 6) is 0.225. The van der Waals surface area contributed by atoms with Crippen LogP contribution in [0.1, 0.15) is 27.8 Å². The molecule has 34 heavy (non-hydrogen) atoms. The summed E-state index contributed by atoms with van der Waals surface area (Å²) in [6, 6.07) is 16.5. The van der Waals surface area contributed by atoms with Crippen LogP contribution in [0.15, 0.2) is 65.3 Å². The molecule has 0 aliphatic carbocycles. The fourth-order valence-electron chi connectivity index (χ4n) is 3.46. The molecule has 4 rings (SSSR count). The Morgan fingerprint density at radius 1 is 1.09 bits per heavy atom. The minimum absolute atomic E-state index is 0.0556. The molecule has 1 heterocycles. The van der Waals surface area contributed by atoms with Gasteiger partial charge in [-0.15, -0.1) is 0 Å². The summed E-state index contributed by atoms with van der Waals surface area (Å²) in [5.41, 5.74) is 3.92. The second kappa shape index (κ2) is 10.2. The number of esters is 1. The Kier molecular flexibility index (Phi) is 7.31. The van der Waals surface area contributed by atoms with Gasteiger partial charge in [-0.1, -0.05) is 30.3 Å². The first-order chi connectivity index (χ1) is 16.2. The van der Waals surface area contributed by atoms with Crippen LogP contribution in [0.2, 0.25) is 0 Å². The maximum absolute atomic E-state index is 12.5. The molecule has 7 nitrogen and oxygen atoms in total. The van der Waals surface area contributed by atoms with Crippen molar-refractivity contribution in [3.8, 4) is 5.75 Å².